The number of fused-ring (bicyclic) bond motifs is 1. The van der Waals surface area contributed by atoms with E-state index in [1.165, 1.54) is 27.8 Å². The van der Waals surface area contributed by atoms with Gasteiger partial charge >= 0.3 is 5.97 Å². The summed E-state index contributed by atoms with van der Waals surface area (Å²) in [5.74, 6) is -0.134. The van der Waals surface area contributed by atoms with Crippen molar-refractivity contribution >= 4 is 23.6 Å². The van der Waals surface area contributed by atoms with Crippen molar-refractivity contribution in [1.82, 2.24) is 4.90 Å². The Hall–Kier alpha value is -1.49. The molecule has 1 aromatic rings. The molecule has 1 aliphatic carbocycles. The highest BCUT2D eigenvalue weighted by atomic mass is 32.2. The topological polar surface area (TPSA) is 57.6 Å². The van der Waals surface area contributed by atoms with E-state index in [1.807, 2.05) is 18.2 Å². The Bertz CT molecular complexity index is 543. The van der Waals surface area contributed by atoms with Gasteiger partial charge in [-0.2, -0.15) is 0 Å². The molecule has 1 amide bonds. The maximum atomic E-state index is 12.4. The molecule has 0 unspecified atom stereocenters. The molecule has 1 heterocycles. The third-order valence-electron chi connectivity index (χ3n) is 3.77. The van der Waals surface area contributed by atoms with Gasteiger partial charge in [-0.3, -0.25) is 4.79 Å². The molecule has 0 bridgehead atoms. The van der Waals surface area contributed by atoms with Crippen molar-refractivity contribution in [3.8, 4) is 0 Å². The second-order valence-corrected chi connectivity index (χ2v) is 5.97. The van der Waals surface area contributed by atoms with E-state index in [9.17, 15) is 9.59 Å². The first-order chi connectivity index (χ1) is 9.16. The molecule has 0 aromatic heterocycles. The average molecular weight is 277 g/mol. The van der Waals surface area contributed by atoms with E-state index in [1.54, 1.807) is 0 Å². The third kappa shape index (κ3) is 2.23. The third-order valence-corrected chi connectivity index (χ3v) is 4.79. The molecule has 1 aromatic carbocycles. The molecule has 100 valence electrons. The van der Waals surface area contributed by atoms with Crippen molar-refractivity contribution in [1.29, 1.82) is 0 Å². The van der Waals surface area contributed by atoms with Crippen LogP contribution in [0.1, 0.15) is 27.9 Å². The van der Waals surface area contributed by atoms with Crippen LogP contribution in [0.3, 0.4) is 0 Å². The lowest BCUT2D eigenvalue weighted by Gasteiger charge is -2.20. The largest absolute Gasteiger partial charge is 0.480 e. The Morgan fingerprint density at radius 3 is 2.84 bits per heavy atom. The van der Waals surface area contributed by atoms with Crippen LogP contribution < -0.4 is 0 Å². The van der Waals surface area contributed by atoms with Crippen LogP contribution >= 0.6 is 11.8 Å². The first kappa shape index (κ1) is 12.5. The zero-order valence-corrected chi connectivity index (χ0v) is 11.3. The van der Waals surface area contributed by atoms with Crippen molar-refractivity contribution in [2.45, 2.75) is 25.3 Å². The fourth-order valence-corrected chi connectivity index (χ4v) is 3.86. The van der Waals surface area contributed by atoms with Crippen LogP contribution in [0.4, 0.5) is 0 Å². The first-order valence-corrected chi connectivity index (χ1v) is 7.55. The number of carboxylic acid groups (broad SMARTS) is 1. The molecule has 1 aliphatic heterocycles. The van der Waals surface area contributed by atoms with Gasteiger partial charge in [-0.25, -0.2) is 4.79 Å². The molecule has 1 fully saturated rings. The van der Waals surface area contributed by atoms with Gasteiger partial charge in [0.15, 0.2) is 0 Å². The number of aliphatic carboxylic acids is 1. The number of carbonyl (C=O) groups is 2. The summed E-state index contributed by atoms with van der Waals surface area (Å²) >= 11 is 1.49. The predicted octanol–water partition coefficient (Wildman–Crippen LogP) is 1.77. The number of amides is 1. The molecule has 2 aliphatic rings. The fourth-order valence-electron chi connectivity index (χ4n) is 2.72. The molecule has 5 heteroatoms. The van der Waals surface area contributed by atoms with Crippen LogP contribution in [0.15, 0.2) is 18.2 Å². The zero-order valence-electron chi connectivity index (χ0n) is 10.5. The van der Waals surface area contributed by atoms with Crippen molar-refractivity contribution in [2.75, 3.05) is 11.6 Å². The molecule has 0 radical (unpaired) electrons. The van der Waals surface area contributed by atoms with Gasteiger partial charge in [0.1, 0.15) is 6.04 Å². The summed E-state index contributed by atoms with van der Waals surface area (Å²) in [6.45, 7) is 0. The number of carbonyl (C=O) groups excluding carboxylic acids is 1. The van der Waals surface area contributed by atoms with Crippen molar-refractivity contribution in [2.24, 2.45) is 0 Å². The summed E-state index contributed by atoms with van der Waals surface area (Å²) in [4.78, 5) is 25.0. The highest BCUT2D eigenvalue weighted by Crippen LogP contribution is 2.26. The smallest absolute Gasteiger partial charge is 0.327 e. The summed E-state index contributed by atoms with van der Waals surface area (Å²) < 4.78 is 0. The van der Waals surface area contributed by atoms with E-state index >= 15 is 0 Å². The van der Waals surface area contributed by atoms with Crippen LogP contribution in [0.5, 0.6) is 0 Å². The van der Waals surface area contributed by atoms with Crippen molar-refractivity contribution in [3.05, 3.63) is 34.9 Å². The Morgan fingerprint density at radius 1 is 1.26 bits per heavy atom. The molecule has 3 rings (SSSR count). The second kappa shape index (κ2) is 4.89. The Kier molecular flexibility index (Phi) is 3.22. The fraction of sp³-hybridized carbons (Fsp3) is 0.429. The average Bonchev–Trinajstić information content (AvgIpc) is 3.05. The Labute approximate surface area is 115 Å². The quantitative estimate of drug-likeness (QED) is 0.895. The number of aryl methyl sites for hydroxylation is 2. The lowest BCUT2D eigenvalue weighted by Crippen LogP contribution is -2.41. The lowest BCUT2D eigenvalue weighted by molar-refractivity contribution is -0.140. The van der Waals surface area contributed by atoms with Crippen molar-refractivity contribution in [3.63, 3.8) is 0 Å². The molecule has 0 spiro atoms. The van der Waals surface area contributed by atoms with Gasteiger partial charge in [0, 0.05) is 11.3 Å². The minimum Gasteiger partial charge on any atom is -0.480 e. The highest BCUT2D eigenvalue weighted by molar-refractivity contribution is 7.99. The van der Waals surface area contributed by atoms with Gasteiger partial charge < -0.3 is 10.0 Å². The van der Waals surface area contributed by atoms with Crippen LogP contribution in [-0.2, 0) is 17.6 Å². The molecule has 1 atom stereocenters. The molecule has 1 saturated heterocycles. The van der Waals surface area contributed by atoms with Gasteiger partial charge in [-0.15, -0.1) is 11.8 Å². The van der Waals surface area contributed by atoms with E-state index in [0.29, 0.717) is 17.2 Å². The number of nitrogens with zero attached hydrogens (tertiary/aromatic N) is 1. The number of carboxylic acids is 1. The normalized spacial score (nSPS) is 21.5. The predicted molar refractivity (Wildman–Crippen MR) is 73.4 cm³/mol. The maximum Gasteiger partial charge on any atom is 0.327 e. The van der Waals surface area contributed by atoms with Crippen LogP contribution in [0.2, 0.25) is 0 Å². The zero-order chi connectivity index (χ0) is 13.4. The van der Waals surface area contributed by atoms with Crippen molar-refractivity contribution < 1.29 is 14.7 Å². The van der Waals surface area contributed by atoms with E-state index in [2.05, 4.69) is 0 Å². The van der Waals surface area contributed by atoms with E-state index in [4.69, 9.17) is 5.11 Å². The van der Waals surface area contributed by atoms with Gasteiger partial charge in [-0.05, 0) is 42.5 Å². The number of benzene rings is 1. The van der Waals surface area contributed by atoms with Gasteiger partial charge in [0.25, 0.3) is 5.91 Å². The number of hydrogen-bond donors (Lipinski definition) is 1. The Morgan fingerprint density at radius 2 is 2.05 bits per heavy atom. The summed E-state index contributed by atoms with van der Waals surface area (Å²) in [5.41, 5.74) is 3.18. The second-order valence-electron chi connectivity index (χ2n) is 4.97. The first-order valence-electron chi connectivity index (χ1n) is 6.40. The SMILES string of the molecule is O=C(O)[C@@H]1CSCN1C(=O)c1ccc2c(c1)CCC2. The minimum atomic E-state index is -0.917. The Balaban J connectivity index is 1.85. The number of rotatable bonds is 2. The van der Waals surface area contributed by atoms with E-state index in [0.717, 1.165) is 19.3 Å². The molecular formula is C14H15NO3S. The summed E-state index contributed by atoms with van der Waals surface area (Å²) in [7, 11) is 0. The highest BCUT2D eigenvalue weighted by Gasteiger charge is 2.35. The summed E-state index contributed by atoms with van der Waals surface area (Å²) in [6, 6.07) is 5.08. The van der Waals surface area contributed by atoms with Gasteiger partial charge in [0.05, 0.1) is 5.88 Å². The standard InChI is InChI=1S/C14H15NO3S/c16-13(15-8-19-7-12(15)14(17)18)11-5-4-9-2-1-3-10(9)6-11/h4-6,12H,1-3,7-8H2,(H,17,18)/t12-/m0/s1. The lowest BCUT2D eigenvalue weighted by atomic mass is 10.1. The van der Waals surface area contributed by atoms with Gasteiger partial charge in [0.2, 0.25) is 0 Å². The minimum absolute atomic E-state index is 0.160. The monoisotopic (exact) mass is 277 g/mol. The molecule has 4 nitrogen and oxygen atoms in total. The van der Waals surface area contributed by atoms with E-state index < -0.39 is 12.0 Å². The maximum absolute atomic E-state index is 12.4. The molecule has 1 N–H and O–H groups in total. The summed E-state index contributed by atoms with van der Waals surface area (Å²) in [6.07, 6.45) is 3.25. The van der Waals surface area contributed by atoms with E-state index in [-0.39, 0.29) is 5.91 Å². The molecular weight excluding hydrogens is 262 g/mol. The van der Waals surface area contributed by atoms with Crippen LogP contribution in [0.25, 0.3) is 0 Å². The number of hydrogen-bond acceptors (Lipinski definition) is 3. The number of thioether (sulfide) groups is 1. The van der Waals surface area contributed by atoms with Gasteiger partial charge in [-0.1, -0.05) is 6.07 Å². The van der Waals surface area contributed by atoms with Crippen LogP contribution in [0, 0.1) is 0 Å². The molecule has 19 heavy (non-hydrogen) atoms. The molecule has 0 saturated carbocycles. The van der Waals surface area contributed by atoms with Crippen LogP contribution in [-0.4, -0.2) is 39.6 Å². The summed E-state index contributed by atoms with van der Waals surface area (Å²) in [5, 5.41) is 9.13.